The number of hydrogen-bond donors (Lipinski definition) is 0. The van der Waals surface area contributed by atoms with Gasteiger partial charge in [-0.2, -0.15) is 0 Å². The smallest absolute Gasteiger partial charge is 0.266 e. The molecule has 5 nitrogen and oxygen atoms in total. The Morgan fingerprint density at radius 3 is 2.07 bits per heavy atom. The molecule has 0 spiro atoms. The number of carbonyl (C=O) groups excluding carboxylic acids is 2. The van der Waals surface area contributed by atoms with Gasteiger partial charge in [-0.3, -0.25) is 14.4 Å². The zero-order chi connectivity index (χ0) is 20.0. The van der Waals surface area contributed by atoms with Gasteiger partial charge in [-0.25, -0.2) is 14.4 Å². The highest BCUT2D eigenvalue weighted by Crippen LogP contribution is 2.47. The van der Waals surface area contributed by atoms with Crippen LogP contribution in [0.4, 0.5) is 15.8 Å². The van der Waals surface area contributed by atoms with Crippen LogP contribution in [0.1, 0.15) is 11.6 Å². The molecule has 2 aliphatic rings. The monoisotopic (exact) mass is 388 g/mol. The summed E-state index contributed by atoms with van der Waals surface area (Å²) in [5, 5.41) is 1.56. The Morgan fingerprint density at radius 2 is 1.41 bits per heavy atom. The van der Waals surface area contributed by atoms with Gasteiger partial charge < -0.3 is 0 Å². The van der Waals surface area contributed by atoms with Crippen LogP contribution in [0, 0.1) is 11.7 Å². The fraction of sp³-hybridized carbons (Fsp3) is 0.130. The lowest BCUT2D eigenvalue weighted by Gasteiger charge is -2.28. The Balaban J connectivity index is 1.60. The van der Waals surface area contributed by atoms with Gasteiger partial charge in [-0.15, -0.1) is 0 Å². The maximum absolute atomic E-state index is 14.0. The van der Waals surface area contributed by atoms with Crippen molar-refractivity contribution in [2.45, 2.75) is 12.1 Å². The van der Waals surface area contributed by atoms with E-state index >= 15 is 0 Å². The van der Waals surface area contributed by atoms with Gasteiger partial charge in [0, 0.05) is 0 Å². The standard InChI is InChI=1S/C23H17FN2O3/c24-16-9-7-8-15(14-16)20-19-21(29-26(20)18-12-5-2-6-13-18)23(28)25(22(19)27)17-10-3-1-4-11-17/h1-14,19-21H/t19-,20-,21+/m0/s1. The lowest BCUT2D eigenvalue weighted by molar-refractivity contribution is -0.126. The van der Waals surface area contributed by atoms with Crippen LogP contribution in [0.5, 0.6) is 0 Å². The van der Waals surface area contributed by atoms with Gasteiger partial charge in [0.1, 0.15) is 11.7 Å². The van der Waals surface area contributed by atoms with E-state index in [9.17, 15) is 14.0 Å². The Bertz CT molecular complexity index is 1070. The van der Waals surface area contributed by atoms with Crippen molar-refractivity contribution in [2.24, 2.45) is 5.92 Å². The maximum Gasteiger partial charge on any atom is 0.266 e. The Hall–Kier alpha value is -3.51. The summed E-state index contributed by atoms with van der Waals surface area (Å²) in [7, 11) is 0. The van der Waals surface area contributed by atoms with Crippen molar-refractivity contribution < 1.29 is 18.8 Å². The van der Waals surface area contributed by atoms with Crippen LogP contribution in [-0.2, 0) is 14.4 Å². The van der Waals surface area contributed by atoms with Crippen LogP contribution in [-0.4, -0.2) is 17.9 Å². The number of amides is 2. The Kier molecular flexibility index (Phi) is 4.14. The van der Waals surface area contributed by atoms with Crippen LogP contribution in [0.2, 0.25) is 0 Å². The topological polar surface area (TPSA) is 49.9 Å². The molecule has 2 fully saturated rings. The van der Waals surface area contributed by atoms with Crippen molar-refractivity contribution in [2.75, 3.05) is 9.96 Å². The average molecular weight is 388 g/mol. The minimum absolute atomic E-state index is 0.348. The van der Waals surface area contributed by atoms with E-state index in [0.29, 0.717) is 16.9 Å². The average Bonchev–Trinajstić information content (AvgIpc) is 3.26. The minimum atomic E-state index is -0.962. The Labute approximate surface area is 166 Å². The molecule has 2 amide bonds. The third-order valence-electron chi connectivity index (χ3n) is 5.33. The molecule has 5 rings (SSSR count). The van der Waals surface area contributed by atoms with Gasteiger partial charge in [0.05, 0.1) is 17.4 Å². The second-order valence-corrected chi connectivity index (χ2v) is 7.06. The van der Waals surface area contributed by atoms with E-state index < -0.39 is 29.8 Å². The molecule has 2 aliphatic heterocycles. The van der Waals surface area contributed by atoms with Crippen molar-refractivity contribution in [1.82, 2.24) is 0 Å². The number of benzene rings is 3. The number of nitrogens with zero attached hydrogens (tertiary/aromatic N) is 2. The molecule has 0 N–H and O–H groups in total. The van der Waals surface area contributed by atoms with E-state index in [4.69, 9.17) is 4.84 Å². The van der Waals surface area contributed by atoms with Crippen LogP contribution in [0.25, 0.3) is 0 Å². The van der Waals surface area contributed by atoms with Gasteiger partial charge in [-0.1, -0.05) is 48.5 Å². The number of fused-ring (bicyclic) bond motifs is 1. The normalized spacial score (nSPS) is 23.6. The first-order chi connectivity index (χ1) is 14.1. The summed E-state index contributed by atoms with van der Waals surface area (Å²) >= 11 is 0. The predicted molar refractivity (Wildman–Crippen MR) is 105 cm³/mol. The molecule has 3 atom stereocenters. The molecule has 3 aromatic carbocycles. The quantitative estimate of drug-likeness (QED) is 0.639. The summed E-state index contributed by atoms with van der Waals surface area (Å²) in [6.45, 7) is 0. The number of anilines is 2. The molecule has 3 aromatic rings. The number of hydrogen-bond acceptors (Lipinski definition) is 4. The Morgan fingerprint density at radius 1 is 0.759 bits per heavy atom. The number of rotatable bonds is 3. The van der Waals surface area contributed by atoms with Crippen molar-refractivity contribution >= 4 is 23.2 Å². The highest BCUT2D eigenvalue weighted by molar-refractivity contribution is 6.23. The van der Waals surface area contributed by atoms with E-state index in [1.165, 1.54) is 17.0 Å². The SMILES string of the molecule is O=C1[C@@H]2[C@@H](ON(c3ccccc3)[C@H]2c2cccc(F)c2)C(=O)N1c1ccccc1. The number of imide groups is 1. The minimum Gasteiger partial charge on any atom is -0.273 e. The number of hydroxylamine groups is 1. The molecule has 0 aromatic heterocycles. The fourth-order valence-electron chi connectivity index (χ4n) is 4.07. The fourth-order valence-corrected chi connectivity index (χ4v) is 4.07. The molecule has 6 heteroatoms. The first-order valence-corrected chi connectivity index (χ1v) is 9.34. The summed E-state index contributed by atoms with van der Waals surface area (Å²) in [6.07, 6.45) is -0.962. The van der Waals surface area contributed by atoms with Crippen LogP contribution in [0.15, 0.2) is 84.9 Å². The first-order valence-electron chi connectivity index (χ1n) is 9.34. The van der Waals surface area contributed by atoms with Gasteiger partial charge in [0.25, 0.3) is 5.91 Å². The maximum atomic E-state index is 14.0. The number of para-hydroxylation sites is 2. The summed E-state index contributed by atoms with van der Waals surface area (Å²) in [4.78, 5) is 33.6. The summed E-state index contributed by atoms with van der Waals surface area (Å²) < 4.78 is 14.0. The van der Waals surface area contributed by atoms with Gasteiger partial charge >= 0.3 is 0 Å². The third kappa shape index (κ3) is 2.80. The van der Waals surface area contributed by atoms with E-state index in [2.05, 4.69) is 0 Å². The third-order valence-corrected chi connectivity index (χ3v) is 5.33. The molecule has 0 bridgehead atoms. The lowest BCUT2D eigenvalue weighted by Crippen LogP contribution is -2.37. The second kappa shape index (κ2) is 6.83. The number of halogens is 1. The van der Waals surface area contributed by atoms with E-state index in [-0.39, 0.29) is 5.91 Å². The molecular formula is C23H17FN2O3. The summed E-state index contributed by atoms with van der Waals surface area (Å²) in [5.74, 6) is -1.94. The van der Waals surface area contributed by atoms with Gasteiger partial charge in [0.15, 0.2) is 6.10 Å². The van der Waals surface area contributed by atoms with Gasteiger partial charge in [-0.05, 0) is 42.0 Å². The molecule has 2 saturated heterocycles. The lowest BCUT2D eigenvalue weighted by atomic mass is 9.90. The largest absolute Gasteiger partial charge is 0.273 e. The van der Waals surface area contributed by atoms with Gasteiger partial charge in [0.2, 0.25) is 5.91 Å². The molecule has 0 unspecified atom stereocenters. The summed E-state index contributed by atoms with van der Waals surface area (Å²) in [5.41, 5.74) is 1.78. The second-order valence-electron chi connectivity index (χ2n) is 7.06. The zero-order valence-electron chi connectivity index (χ0n) is 15.3. The highest BCUT2D eigenvalue weighted by atomic mass is 19.1. The molecular weight excluding hydrogens is 371 g/mol. The van der Waals surface area contributed by atoms with Crippen molar-refractivity contribution in [3.8, 4) is 0 Å². The van der Waals surface area contributed by atoms with Crippen molar-refractivity contribution in [3.05, 3.63) is 96.3 Å². The van der Waals surface area contributed by atoms with E-state index in [1.54, 1.807) is 41.5 Å². The first kappa shape index (κ1) is 17.6. The molecule has 29 heavy (non-hydrogen) atoms. The molecule has 0 radical (unpaired) electrons. The van der Waals surface area contributed by atoms with Crippen molar-refractivity contribution in [1.29, 1.82) is 0 Å². The van der Waals surface area contributed by atoms with Crippen molar-refractivity contribution in [3.63, 3.8) is 0 Å². The van der Waals surface area contributed by atoms with Crippen LogP contribution >= 0.6 is 0 Å². The van der Waals surface area contributed by atoms with E-state index in [1.807, 2.05) is 36.4 Å². The molecule has 2 heterocycles. The van der Waals surface area contributed by atoms with E-state index in [0.717, 1.165) is 0 Å². The molecule has 0 saturated carbocycles. The predicted octanol–water partition coefficient (Wildman–Crippen LogP) is 3.88. The highest BCUT2D eigenvalue weighted by Gasteiger charge is 2.60. The molecule has 144 valence electrons. The molecule has 0 aliphatic carbocycles. The zero-order valence-corrected chi connectivity index (χ0v) is 15.3. The van der Waals surface area contributed by atoms with Crippen LogP contribution < -0.4 is 9.96 Å². The number of carbonyl (C=O) groups is 2. The van der Waals surface area contributed by atoms with Crippen LogP contribution in [0.3, 0.4) is 0 Å². The summed E-state index contributed by atoms with van der Waals surface area (Å²) in [6, 6.07) is 23.4.